The second kappa shape index (κ2) is 8.52. The molecule has 1 unspecified atom stereocenters. The summed E-state index contributed by atoms with van der Waals surface area (Å²) in [4.78, 5) is 16.0. The molecule has 3 rings (SSSR count). The number of carbonyl (C=O) groups excluding carboxylic acids is 1. The number of amides is 1. The predicted octanol–water partition coefficient (Wildman–Crippen LogP) is 4.19. The summed E-state index contributed by atoms with van der Waals surface area (Å²) < 4.78 is 1.87. The maximum absolute atomic E-state index is 12.7. The number of likely N-dealkylation sites (N-methyl/N-ethyl adjacent to an activating group) is 1. The molecule has 2 heterocycles. The summed E-state index contributed by atoms with van der Waals surface area (Å²) in [5.41, 5.74) is 5.33. The predicted molar refractivity (Wildman–Crippen MR) is 122 cm³/mol. The van der Waals surface area contributed by atoms with E-state index in [2.05, 4.69) is 37.3 Å². The molecule has 0 spiro atoms. The average Bonchev–Trinajstić information content (AvgIpc) is 3.11. The van der Waals surface area contributed by atoms with E-state index in [-0.39, 0.29) is 17.9 Å². The molecule has 0 aromatic carbocycles. The molecule has 1 aliphatic rings. The van der Waals surface area contributed by atoms with E-state index in [9.17, 15) is 10.1 Å². The van der Waals surface area contributed by atoms with Gasteiger partial charge in [-0.2, -0.15) is 10.4 Å². The van der Waals surface area contributed by atoms with E-state index in [4.69, 9.17) is 0 Å². The van der Waals surface area contributed by atoms with Crippen molar-refractivity contribution in [3.8, 4) is 6.07 Å². The van der Waals surface area contributed by atoms with Gasteiger partial charge in [-0.3, -0.25) is 14.4 Å². The first-order valence-electron chi connectivity index (χ1n) is 10.5. The summed E-state index contributed by atoms with van der Waals surface area (Å²) in [5.74, 6) is 0.523. The highest BCUT2D eigenvalue weighted by molar-refractivity contribution is 7.16. The van der Waals surface area contributed by atoms with Crippen LogP contribution in [0.15, 0.2) is 0 Å². The molecule has 1 amide bonds. The Morgan fingerprint density at radius 2 is 2.10 bits per heavy atom. The first kappa shape index (κ1) is 22.5. The highest BCUT2D eigenvalue weighted by Crippen LogP contribution is 2.43. The Kier molecular flexibility index (Phi) is 6.40. The van der Waals surface area contributed by atoms with Crippen molar-refractivity contribution in [3.05, 3.63) is 33.0 Å². The highest BCUT2D eigenvalue weighted by Gasteiger charge is 2.32. The Morgan fingerprint density at radius 3 is 2.67 bits per heavy atom. The van der Waals surface area contributed by atoms with Crippen LogP contribution in [0.5, 0.6) is 0 Å². The number of fused-ring (bicyclic) bond motifs is 1. The van der Waals surface area contributed by atoms with Gasteiger partial charge in [0, 0.05) is 29.7 Å². The van der Waals surface area contributed by atoms with Gasteiger partial charge in [-0.15, -0.1) is 11.3 Å². The van der Waals surface area contributed by atoms with Gasteiger partial charge in [0.25, 0.3) is 0 Å². The number of nitrogens with one attached hydrogen (secondary N) is 1. The molecule has 0 bridgehead atoms. The Hall–Kier alpha value is -2.17. The van der Waals surface area contributed by atoms with Crippen molar-refractivity contribution in [1.29, 1.82) is 5.26 Å². The molecule has 7 heteroatoms. The SMILES string of the molecule is Cc1nn(C)c(C)c1CN(C)CC(=O)Nc1sc2c(c1C#N)CCC(C(C)(C)C)C2. The maximum Gasteiger partial charge on any atom is 0.239 e. The number of hydrogen-bond donors (Lipinski definition) is 1. The molecule has 0 saturated heterocycles. The lowest BCUT2D eigenvalue weighted by Gasteiger charge is -2.33. The quantitative estimate of drug-likeness (QED) is 0.776. The number of rotatable bonds is 5. The van der Waals surface area contributed by atoms with Crippen LogP contribution in [0.1, 0.15) is 60.1 Å². The minimum absolute atomic E-state index is 0.0841. The van der Waals surface area contributed by atoms with Gasteiger partial charge in [-0.1, -0.05) is 20.8 Å². The smallest absolute Gasteiger partial charge is 0.239 e. The molecular formula is C23H33N5OS. The van der Waals surface area contributed by atoms with Gasteiger partial charge in [0.15, 0.2) is 0 Å². The third-order valence-electron chi connectivity index (χ3n) is 6.36. The lowest BCUT2D eigenvalue weighted by Crippen LogP contribution is -2.30. The first-order valence-corrected chi connectivity index (χ1v) is 11.3. The number of anilines is 1. The van der Waals surface area contributed by atoms with Gasteiger partial charge in [0.1, 0.15) is 11.1 Å². The van der Waals surface area contributed by atoms with E-state index < -0.39 is 0 Å². The van der Waals surface area contributed by atoms with E-state index in [1.807, 2.05) is 37.5 Å². The Labute approximate surface area is 183 Å². The van der Waals surface area contributed by atoms with E-state index in [0.29, 0.717) is 23.0 Å². The lowest BCUT2D eigenvalue weighted by molar-refractivity contribution is -0.117. The third kappa shape index (κ3) is 4.60. The topological polar surface area (TPSA) is 74.0 Å². The van der Waals surface area contributed by atoms with Crippen molar-refractivity contribution >= 4 is 22.2 Å². The standard InChI is InChI=1S/C23H33N5OS/c1-14-19(15(2)28(7)26-14)12-27(6)13-21(29)25-22-18(11-24)17-9-8-16(23(3,4)5)10-20(17)30-22/h16H,8-10,12-13H2,1-7H3,(H,25,29). The molecule has 2 aromatic rings. The molecule has 2 aromatic heterocycles. The van der Waals surface area contributed by atoms with Gasteiger partial charge < -0.3 is 5.32 Å². The molecule has 1 N–H and O–H groups in total. The van der Waals surface area contributed by atoms with Crippen molar-refractivity contribution in [3.63, 3.8) is 0 Å². The number of nitrogens with zero attached hydrogens (tertiary/aromatic N) is 4. The molecule has 162 valence electrons. The van der Waals surface area contributed by atoms with Crippen molar-refractivity contribution in [2.24, 2.45) is 18.4 Å². The molecule has 0 aliphatic heterocycles. The Bertz CT molecular complexity index is 989. The van der Waals surface area contributed by atoms with E-state index in [1.54, 1.807) is 11.3 Å². The van der Waals surface area contributed by atoms with Crippen LogP contribution in [-0.4, -0.2) is 34.2 Å². The highest BCUT2D eigenvalue weighted by atomic mass is 32.1. The Morgan fingerprint density at radius 1 is 1.40 bits per heavy atom. The van der Waals surface area contributed by atoms with Crippen LogP contribution < -0.4 is 5.32 Å². The van der Waals surface area contributed by atoms with Crippen LogP contribution in [0.2, 0.25) is 0 Å². The normalized spacial score (nSPS) is 16.4. The number of aromatic nitrogens is 2. The van der Waals surface area contributed by atoms with E-state index in [0.717, 1.165) is 41.8 Å². The molecule has 0 radical (unpaired) electrons. The minimum atomic E-state index is -0.0841. The molecule has 30 heavy (non-hydrogen) atoms. The van der Waals surface area contributed by atoms with Gasteiger partial charge >= 0.3 is 0 Å². The number of carbonyl (C=O) groups is 1. The van der Waals surface area contributed by atoms with Crippen LogP contribution in [0.4, 0.5) is 5.00 Å². The number of aryl methyl sites for hydroxylation is 2. The number of nitriles is 1. The fraction of sp³-hybridized carbons (Fsp3) is 0.609. The average molecular weight is 428 g/mol. The van der Waals surface area contributed by atoms with Gasteiger partial charge in [-0.25, -0.2) is 0 Å². The maximum atomic E-state index is 12.7. The molecular weight excluding hydrogens is 394 g/mol. The number of hydrogen-bond acceptors (Lipinski definition) is 5. The second-order valence-corrected chi connectivity index (χ2v) is 10.7. The van der Waals surface area contributed by atoms with E-state index >= 15 is 0 Å². The third-order valence-corrected chi connectivity index (χ3v) is 7.52. The molecule has 6 nitrogen and oxygen atoms in total. The monoisotopic (exact) mass is 427 g/mol. The molecule has 0 fully saturated rings. The largest absolute Gasteiger partial charge is 0.315 e. The summed E-state index contributed by atoms with van der Waals surface area (Å²) in [6.45, 7) is 11.8. The van der Waals surface area contributed by atoms with E-state index in [1.165, 1.54) is 4.88 Å². The van der Waals surface area contributed by atoms with Crippen LogP contribution in [0.25, 0.3) is 0 Å². The van der Waals surface area contributed by atoms with Crippen molar-refractivity contribution in [1.82, 2.24) is 14.7 Å². The second-order valence-electron chi connectivity index (χ2n) is 9.62. The fourth-order valence-electron chi connectivity index (χ4n) is 4.31. The summed E-state index contributed by atoms with van der Waals surface area (Å²) in [6.07, 6.45) is 3.02. The van der Waals surface area contributed by atoms with Crippen LogP contribution in [-0.2, 0) is 31.2 Å². The van der Waals surface area contributed by atoms with Crippen molar-refractivity contribution in [2.45, 2.75) is 60.4 Å². The van der Waals surface area contributed by atoms with Gasteiger partial charge in [0.2, 0.25) is 5.91 Å². The molecule has 1 atom stereocenters. The molecule has 0 saturated carbocycles. The molecule has 1 aliphatic carbocycles. The first-order chi connectivity index (χ1) is 14.0. The minimum Gasteiger partial charge on any atom is -0.315 e. The van der Waals surface area contributed by atoms with Gasteiger partial charge in [0.05, 0.1) is 17.8 Å². The van der Waals surface area contributed by atoms with Crippen LogP contribution >= 0.6 is 11.3 Å². The zero-order valence-electron chi connectivity index (χ0n) is 19.2. The summed E-state index contributed by atoms with van der Waals surface area (Å²) in [5, 5.41) is 17.9. The van der Waals surface area contributed by atoms with Gasteiger partial charge in [-0.05, 0) is 57.1 Å². The van der Waals surface area contributed by atoms with Crippen molar-refractivity contribution < 1.29 is 4.79 Å². The number of thiophene rings is 1. The lowest BCUT2D eigenvalue weighted by atomic mass is 9.72. The Balaban J connectivity index is 1.68. The van der Waals surface area contributed by atoms with Crippen LogP contribution in [0.3, 0.4) is 0 Å². The zero-order chi connectivity index (χ0) is 22.2. The van der Waals surface area contributed by atoms with Crippen molar-refractivity contribution in [2.75, 3.05) is 18.9 Å². The fourth-order valence-corrected chi connectivity index (χ4v) is 5.61. The summed E-state index contributed by atoms with van der Waals surface area (Å²) in [6, 6.07) is 2.34. The van der Waals surface area contributed by atoms with Crippen LogP contribution in [0, 0.1) is 36.5 Å². The summed E-state index contributed by atoms with van der Waals surface area (Å²) >= 11 is 1.59. The summed E-state index contributed by atoms with van der Waals surface area (Å²) in [7, 11) is 3.87. The zero-order valence-corrected chi connectivity index (χ0v) is 20.0.